The maximum Gasteiger partial charge on any atom is 0.317 e. The summed E-state index contributed by atoms with van der Waals surface area (Å²) in [5.41, 5.74) is 1.88. The smallest absolute Gasteiger partial charge is 0.317 e. The average molecular weight is 409 g/mol. The quantitative estimate of drug-likeness (QED) is 0.493. The van der Waals surface area contributed by atoms with E-state index in [0.29, 0.717) is 29.9 Å². The van der Waals surface area contributed by atoms with Crippen molar-refractivity contribution in [1.29, 1.82) is 5.41 Å². The van der Waals surface area contributed by atoms with E-state index in [1.54, 1.807) is 20.3 Å². The molecule has 28 heavy (non-hydrogen) atoms. The van der Waals surface area contributed by atoms with Crippen molar-refractivity contribution in [2.75, 3.05) is 27.2 Å². The molecule has 3 heterocycles. The normalized spacial score (nSPS) is 19.5. The fourth-order valence-electron chi connectivity index (χ4n) is 3.11. The van der Waals surface area contributed by atoms with Crippen LogP contribution in [-0.2, 0) is 0 Å². The van der Waals surface area contributed by atoms with E-state index in [-0.39, 0.29) is 18.6 Å². The second kappa shape index (κ2) is 8.46. The van der Waals surface area contributed by atoms with Gasteiger partial charge in [0, 0.05) is 67.9 Å². The largest absolute Gasteiger partial charge is 0.336 e. The van der Waals surface area contributed by atoms with Crippen molar-refractivity contribution in [2.24, 2.45) is 4.99 Å². The summed E-state index contributed by atoms with van der Waals surface area (Å²) in [6.45, 7) is -1.98. The molecular weight excluding hydrogens is 388 g/mol. The van der Waals surface area contributed by atoms with Gasteiger partial charge in [-0.2, -0.15) is 8.78 Å². The van der Waals surface area contributed by atoms with Crippen LogP contribution in [0.1, 0.15) is 11.4 Å². The molecule has 1 saturated heterocycles. The van der Waals surface area contributed by atoms with E-state index in [0.717, 1.165) is 23.1 Å². The molecule has 150 valence electrons. The standard InChI is InChI=1S/C17H21F2N7OS/c1-25(2)17(27)24-11-5-13-12(10(6-20)7-23-16(18)19)8-22-14(26(13)9-11)15-21-3-4-28-15/h3-4,6-7,11,16,20,23H,5,8-9H2,1-2H3,(H,24,27)/b10-7+,20-6?. The molecule has 1 aromatic heterocycles. The third-order valence-electron chi connectivity index (χ3n) is 4.39. The highest BCUT2D eigenvalue weighted by atomic mass is 32.1. The molecule has 0 aliphatic carbocycles. The zero-order valence-corrected chi connectivity index (χ0v) is 16.3. The molecular formula is C17H21F2N7OS. The molecule has 1 unspecified atom stereocenters. The van der Waals surface area contributed by atoms with Crippen LogP contribution in [0.5, 0.6) is 0 Å². The van der Waals surface area contributed by atoms with E-state index in [1.165, 1.54) is 16.2 Å². The van der Waals surface area contributed by atoms with Crippen LogP contribution in [0.4, 0.5) is 13.6 Å². The predicted octanol–water partition coefficient (Wildman–Crippen LogP) is 1.85. The van der Waals surface area contributed by atoms with E-state index >= 15 is 0 Å². The van der Waals surface area contributed by atoms with Gasteiger partial charge in [0.2, 0.25) is 0 Å². The van der Waals surface area contributed by atoms with Crippen molar-refractivity contribution in [1.82, 2.24) is 25.4 Å². The lowest BCUT2D eigenvalue weighted by Crippen LogP contribution is -2.43. The minimum Gasteiger partial charge on any atom is -0.336 e. The highest BCUT2D eigenvalue weighted by Crippen LogP contribution is 2.33. The number of amidine groups is 1. The second-order valence-corrected chi connectivity index (χ2v) is 7.36. The van der Waals surface area contributed by atoms with Gasteiger partial charge in [0.05, 0.1) is 12.6 Å². The van der Waals surface area contributed by atoms with Crippen molar-refractivity contribution < 1.29 is 13.6 Å². The maximum absolute atomic E-state index is 12.6. The number of carbonyl (C=O) groups excluding carboxylic acids is 1. The van der Waals surface area contributed by atoms with Crippen LogP contribution in [0, 0.1) is 5.41 Å². The van der Waals surface area contributed by atoms with Crippen LogP contribution in [0.25, 0.3) is 0 Å². The Morgan fingerprint density at radius 1 is 1.50 bits per heavy atom. The number of nitrogens with one attached hydrogen (secondary N) is 3. The molecule has 0 aromatic carbocycles. The lowest BCUT2D eigenvalue weighted by molar-refractivity contribution is 0.125. The number of hydrogen-bond acceptors (Lipinski definition) is 7. The van der Waals surface area contributed by atoms with E-state index in [2.05, 4.69) is 15.3 Å². The van der Waals surface area contributed by atoms with Crippen LogP contribution in [0.2, 0.25) is 0 Å². The number of nitrogens with zero attached hydrogens (tertiary/aromatic N) is 4. The maximum atomic E-state index is 12.6. The average Bonchev–Trinajstić information content (AvgIpc) is 3.31. The van der Waals surface area contributed by atoms with Gasteiger partial charge in [-0.25, -0.2) is 9.78 Å². The first kappa shape index (κ1) is 19.9. The monoisotopic (exact) mass is 409 g/mol. The van der Waals surface area contributed by atoms with Crippen LogP contribution < -0.4 is 10.6 Å². The molecule has 0 bridgehead atoms. The minimum atomic E-state index is -2.72. The molecule has 2 amide bonds. The highest BCUT2D eigenvalue weighted by molar-refractivity contribution is 7.11. The number of carbonyl (C=O) groups is 1. The number of aromatic nitrogens is 1. The van der Waals surface area contributed by atoms with E-state index in [4.69, 9.17) is 5.41 Å². The van der Waals surface area contributed by atoms with Crippen molar-refractivity contribution in [3.05, 3.63) is 39.6 Å². The summed E-state index contributed by atoms with van der Waals surface area (Å²) in [6.07, 6.45) is 4.37. The first-order valence-electron chi connectivity index (χ1n) is 8.57. The predicted molar refractivity (Wildman–Crippen MR) is 104 cm³/mol. The number of halogens is 2. The second-order valence-electron chi connectivity index (χ2n) is 6.47. The molecule has 0 spiro atoms. The fourth-order valence-corrected chi connectivity index (χ4v) is 3.77. The molecule has 8 nitrogen and oxygen atoms in total. The van der Waals surface area contributed by atoms with E-state index < -0.39 is 6.55 Å². The molecule has 0 radical (unpaired) electrons. The molecule has 1 fully saturated rings. The minimum absolute atomic E-state index is 0.168. The summed E-state index contributed by atoms with van der Waals surface area (Å²) >= 11 is 1.46. The van der Waals surface area contributed by atoms with Crippen LogP contribution >= 0.6 is 11.3 Å². The lowest BCUT2D eigenvalue weighted by atomic mass is 10.0. The molecule has 3 rings (SSSR count). The van der Waals surface area contributed by atoms with Crippen molar-refractivity contribution >= 4 is 29.4 Å². The zero-order chi connectivity index (χ0) is 20.3. The third-order valence-corrected chi connectivity index (χ3v) is 5.15. The van der Waals surface area contributed by atoms with Crippen molar-refractivity contribution in [2.45, 2.75) is 19.0 Å². The Kier molecular flexibility index (Phi) is 6.02. The van der Waals surface area contributed by atoms with Gasteiger partial charge in [0.25, 0.3) is 0 Å². The SMILES string of the molecule is CN(C)C(=O)NC1CC2=C(/C(C=N)=C/NC(F)F)CN=C(c3nccs3)N2C1. The number of urea groups is 1. The van der Waals surface area contributed by atoms with E-state index in [1.807, 2.05) is 15.6 Å². The molecule has 11 heteroatoms. The summed E-state index contributed by atoms with van der Waals surface area (Å²) in [4.78, 5) is 24.4. The van der Waals surface area contributed by atoms with Crippen LogP contribution in [0.15, 0.2) is 39.6 Å². The summed E-state index contributed by atoms with van der Waals surface area (Å²) in [6, 6.07) is -0.375. The van der Waals surface area contributed by atoms with Gasteiger partial charge in [-0.3, -0.25) is 4.99 Å². The summed E-state index contributed by atoms with van der Waals surface area (Å²) in [5.74, 6) is 0.696. The Morgan fingerprint density at radius 3 is 2.89 bits per heavy atom. The number of rotatable bonds is 6. The molecule has 2 aliphatic heterocycles. The first-order valence-corrected chi connectivity index (χ1v) is 9.45. The number of hydrogen-bond donors (Lipinski definition) is 3. The van der Waals surface area contributed by atoms with Gasteiger partial charge in [-0.15, -0.1) is 11.3 Å². The number of alkyl halides is 2. The van der Waals surface area contributed by atoms with E-state index in [9.17, 15) is 13.6 Å². The lowest BCUT2D eigenvalue weighted by Gasteiger charge is -2.28. The highest BCUT2D eigenvalue weighted by Gasteiger charge is 2.36. The molecule has 1 atom stereocenters. The Morgan fingerprint density at radius 2 is 2.29 bits per heavy atom. The zero-order valence-electron chi connectivity index (χ0n) is 15.4. The molecule has 3 N–H and O–H groups in total. The molecule has 2 aliphatic rings. The van der Waals surface area contributed by atoms with Gasteiger partial charge in [-0.1, -0.05) is 0 Å². The Balaban J connectivity index is 1.93. The number of thiazole rings is 1. The first-order chi connectivity index (χ1) is 13.4. The van der Waals surface area contributed by atoms with Gasteiger partial charge in [0.15, 0.2) is 10.8 Å². The molecule has 1 aromatic rings. The Bertz CT molecular complexity index is 833. The van der Waals surface area contributed by atoms with Crippen LogP contribution in [0.3, 0.4) is 0 Å². The van der Waals surface area contributed by atoms with Crippen LogP contribution in [-0.4, -0.2) is 72.6 Å². The summed E-state index contributed by atoms with van der Waals surface area (Å²) in [7, 11) is 3.33. The summed E-state index contributed by atoms with van der Waals surface area (Å²) < 4.78 is 25.1. The number of fused-ring (bicyclic) bond motifs is 1. The van der Waals surface area contributed by atoms with Gasteiger partial charge >= 0.3 is 12.6 Å². The summed E-state index contributed by atoms with van der Waals surface area (Å²) in [5, 5.41) is 15.1. The Hall–Kier alpha value is -2.82. The number of amides is 2. The van der Waals surface area contributed by atoms with Crippen molar-refractivity contribution in [3.8, 4) is 0 Å². The fraction of sp³-hybridized carbons (Fsp3) is 0.412. The third kappa shape index (κ3) is 4.19. The van der Waals surface area contributed by atoms with Gasteiger partial charge in [-0.05, 0) is 0 Å². The number of aliphatic imine (C=N–C) groups is 1. The Labute approximate surface area is 165 Å². The van der Waals surface area contributed by atoms with Crippen molar-refractivity contribution in [3.63, 3.8) is 0 Å². The molecule has 0 saturated carbocycles. The van der Waals surface area contributed by atoms with Gasteiger partial charge in [0.1, 0.15) is 0 Å². The van der Waals surface area contributed by atoms with Gasteiger partial charge < -0.3 is 25.8 Å². The topological polar surface area (TPSA) is 96.7 Å².